The maximum absolute atomic E-state index is 13.5. The number of aliphatic hydroxyl groups is 3. The number of carbonyl (C=O) groups is 3. The van der Waals surface area contributed by atoms with Crippen LogP contribution in [0.25, 0.3) is 0 Å². The largest absolute Gasteiger partial charge is 0.508 e. The Balaban J connectivity index is 1.65. The van der Waals surface area contributed by atoms with Gasteiger partial charge in [0.25, 0.3) is 0 Å². The monoisotopic (exact) mass is 468 g/mol. The van der Waals surface area contributed by atoms with Gasteiger partial charge in [-0.05, 0) is 26.0 Å². The summed E-state index contributed by atoms with van der Waals surface area (Å²) in [7, 11) is 0. The molecule has 178 valence electrons. The first-order chi connectivity index (χ1) is 15.9. The molecule has 1 heterocycles. The zero-order valence-corrected chi connectivity index (χ0v) is 18.5. The summed E-state index contributed by atoms with van der Waals surface area (Å²) in [6.45, 7) is 3.03. The number of benzene rings is 2. The van der Waals surface area contributed by atoms with E-state index in [1.165, 1.54) is 19.1 Å². The minimum Gasteiger partial charge on any atom is -0.508 e. The molecule has 0 aromatic heterocycles. The number of rotatable bonds is 1. The van der Waals surface area contributed by atoms with Crippen molar-refractivity contribution in [2.45, 2.75) is 63.1 Å². The van der Waals surface area contributed by atoms with Gasteiger partial charge >= 0.3 is 0 Å². The Labute approximate surface area is 194 Å². The highest BCUT2D eigenvalue weighted by Crippen LogP contribution is 2.45. The summed E-state index contributed by atoms with van der Waals surface area (Å²) < 4.78 is 5.71. The Morgan fingerprint density at radius 2 is 1.65 bits per heavy atom. The van der Waals surface area contributed by atoms with Gasteiger partial charge in [0.15, 0.2) is 17.3 Å². The number of ketones is 3. The van der Waals surface area contributed by atoms with Gasteiger partial charge in [0.05, 0.1) is 29.5 Å². The fraction of sp³-hybridized carbons (Fsp3) is 0.400. The third-order valence-corrected chi connectivity index (χ3v) is 7.00. The Morgan fingerprint density at radius 3 is 2.32 bits per heavy atom. The van der Waals surface area contributed by atoms with Crippen molar-refractivity contribution in [2.75, 3.05) is 0 Å². The number of aromatic hydroxyl groups is 2. The molecule has 9 heteroatoms. The van der Waals surface area contributed by atoms with Crippen LogP contribution in [0, 0.1) is 0 Å². The molecule has 34 heavy (non-hydrogen) atoms. The molecule has 2 aromatic rings. The second-order valence-corrected chi connectivity index (χ2v) is 9.65. The van der Waals surface area contributed by atoms with Crippen LogP contribution in [0.5, 0.6) is 11.5 Å². The fourth-order valence-corrected chi connectivity index (χ4v) is 5.31. The van der Waals surface area contributed by atoms with Gasteiger partial charge in [0.2, 0.25) is 0 Å². The zero-order chi connectivity index (χ0) is 24.7. The molecule has 0 spiro atoms. The molecule has 0 bridgehead atoms. The molecule has 1 saturated heterocycles. The number of carbonyl (C=O) groups excluding carboxylic acids is 3. The standard InChI is InChI=1S/C25H24O9/c1-9-21(29)15(27)6-17(34-9)10-3-4-11-20(22(10)30)24(32)12-5-14(26)13-7-25(2,33)8-16(28)18(13)19(12)23(11)31/h3-5,9,15,17,21,26-27,29-30,33H,6-8H2,1-2H3/t9-,15-,17-,21-,25-/m1/s1. The van der Waals surface area contributed by atoms with Gasteiger partial charge in [0.1, 0.15) is 17.6 Å². The number of hydrogen-bond donors (Lipinski definition) is 5. The molecular weight excluding hydrogens is 444 g/mol. The van der Waals surface area contributed by atoms with Gasteiger partial charge in [-0.3, -0.25) is 14.4 Å². The predicted octanol–water partition coefficient (Wildman–Crippen LogP) is 1.32. The van der Waals surface area contributed by atoms with Gasteiger partial charge in [-0.25, -0.2) is 0 Å². The molecule has 0 unspecified atom stereocenters. The summed E-state index contributed by atoms with van der Waals surface area (Å²) in [6, 6.07) is 3.88. The molecular formula is C25H24O9. The Kier molecular flexibility index (Phi) is 4.96. The van der Waals surface area contributed by atoms with Crippen molar-refractivity contribution in [1.29, 1.82) is 0 Å². The Morgan fingerprint density at radius 1 is 0.971 bits per heavy atom. The Hall–Kier alpha value is -3.11. The molecule has 0 amide bonds. The van der Waals surface area contributed by atoms with Crippen molar-refractivity contribution < 1.29 is 44.7 Å². The van der Waals surface area contributed by atoms with E-state index in [4.69, 9.17) is 4.74 Å². The van der Waals surface area contributed by atoms with Crippen LogP contribution in [-0.4, -0.2) is 66.8 Å². The second kappa shape index (κ2) is 7.44. The summed E-state index contributed by atoms with van der Waals surface area (Å²) >= 11 is 0. The fourth-order valence-electron chi connectivity index (χ4n) is 5.31. The number of phenols is 2. The quantitative estimate of drug-likeness (QED) is 0.355. The molecule has 2 aromatic carbocycles. The normalized spacial score (nSPS) is 30.6. The van der Waals surface area contributed by atoms with Crippen molar-refractivity contribution in [3.8, 4) is 11.5 Å². The summed E-state index contributed by atoms with van der Waals surface area (Å²) in [5.74, 6) is -2.82. The van der Waals surface area contributed by atoms with Gasteiger partial charge in [-0.15, -0.1) is 0 Å². The topological polar surface area (TPSA) is 162 Å². The summed E-state index contributed by atoms with van der Waals surface area (Å²) in [5, 5.41) is 52.0. The molecule has 0 radical (unpaired) electrons. The number of hydrogen-bond acceptors (Lipinski definition) is 9. The van der Waals surface area contributed by atoms with Gasteiger partial charge in [-0.1, -0.05) is 6.07 Å². The van der Waals surface area contributed by atoms with E-state index in [2.05, 4.69) is 0 Å². The molecule has 2 aliphatic carbocycles. The minimum absolute atomic E-state index is 0.0285. The van der Waals surface area contributed by atoms with E-state index >= 15 is 0 Å². The maximum Gasteiger partial charge on any atom is 0.198 e. The summed E-state index contributed by atoms with van der Waals surface area (Å²) in [4.78, 5) is 39.8. The molecule has 0 saturated carbocycles. The van der Waals surface area contributed by atoms with Crippen LogP contribution in [0.4, 0.5) is 0 Å². The van der Waals surface area contributed by atoms with Crippen molar-refractivity contribution >= 4 is 17.3 Å². The molecule has 1 fully saturated rings. The van der Waals surface area contributed by atoms with Crippen molar-refractivity contribution in [2.24, 2.45) is 0 Å². The van der Waals surface area contributed by atoms with Gasteiger partial charge < -0.3 is 30.3 Å². The van der Waals surface area contributed by atoms with E-state index < -0.39 is 53.1 Å². The first-order valence-corrected chi connectivity index (χ1v) is 11.0. The number of Topliss-reactive ketones (excluding diaryl/α,β-unsaturated/α-hetero) is 1. The van der Waals surface area contributed by atoms with Crippen molar-refractivity contribution in [1.82, 2.24) is 0 Å². The van der Waals surface area contributed by atoms with Crippen LogP contribution < -0.4 is 0 Å². The van der Waals surface area contributed by atoms with Crippen LogP contribution in [0.1, 0.15) is 86.1 Å². The van der Waals surface area contributed by atoms with Crippen LogP contribution >= 0.6 is 0 Å². The SMILES string of the molecule is C[C@H]1O[C@@H](c2ccc3c(c2O)C(=O)c2cc(O)c4c(c2C3=O)C(=O)C[C@](C)(O)C4)C[C@@H](O)[C@@H]1O. The van der Waals surface area contributed by atoms with E-state index in [1.54, 1.807) is 6.92 Å². The van der Waals surface area contributed by atoms with Crippen LogP contribution in [-0.2, 0) is 11.2 Å². The number of phenolic OH excluding ortho intramolecular Hbond substituents is 2. The third-order valence-electron chi connectivity index (χ3n) is 7.00. The third kappa shape index (κ3) is 3.19. The van der Waals surface area contributed by atoms with Crippen LogP contribution in [0.3, 0.4) is 0 Å². The van der Waals surface area contributed by atoms with E-state index in [-0.39, 0.29) is 64.0 Å². The summed E-state index contributed by atoms with van der Waals surface area (Å²) in [6.07, 6.45) is -4.11. The highest BCUT2D eigenvalue weighted by atomic mass is 16.5. The Bertz CT molecular complexity index is 1260. The van der Waals surface area contributed by atoms with Crippen LogP contribution in [0.2, 0.25) is 0 Å². The minimum atomic E-state index is -1.39. The lowest BCUT2D eigenvalue weighted by atomic mass is 9.72. The molecule has 5 N–H and O–H groups in total. The lowest BCUT2D eigenvalue weighted by Gasteiger charge is -2.36. The van der Waals surface area contributed by atoms with Crippen LogP contribution in [0.15, 0.2) is 18.2 Å². The average molecular weight is 468 g/mol. The zero-order valence-electron chi connectivity index (χ0n) is 18.5. The summed E-state index contributed by atoms with van der Waals surface area (Å²) in [5.41, 5.74) is -1.89. The highest BCUT2D eigenvalue weighted by Gasteiger charge is 2.43. The molecule has 5 atom stereocenters. The predicted molar refractivity (Wildman–Crippen MR) is 116 cm³/mol. The van der Waals surface area contributed by atoms with E-state index in [0.717, 1.165) is 6.07 Å². The second-order valence-electron chi connectivity index (χ2n) is 9.65. The maximum atomic E-state index is 13.5. The van der Waals surface area contributed by atoms with Gasteiger partial charge in [-0.2, -0.15) is 0 Å². The molecule has 9 nitrogen and oxygen atoms in total. The number of aliphatic hydroxyl groups excluding tert-OH is 2. The lowest BCUT2D eigenvalue weighted by molar-refractivity contribution is -0.163. The smallest absolute Gasteiger partial charge is 0.198 e. The van der Waals surface area contributed by atoms with Crippen molar-refractivity contribution in [3.63, 3.8) is 0 Å². The van der Waals surface area contributed by atoms with Crippen molar-refractivity contribution in [3.05, 3.63) is 57.1 Å². The average Bonchev–Trinajstić information content (AvgIpc) is 2.75. The molecule has 1 aliphatic heterocycles. The van der Waals surface area contributed by atoms with E-state index in [9.17, 15) is 39.9 Å². The molecule has 5 rings (SSSR count). The van der Waals surface area contributed by atoms with E-state index in [1.807, 2.05) is 0 Å². The highest BCUT2D eigenvalue weighted by molar-refractivity contribution is 6.32. The molecule has 3 aliphatic rings. The number of ether oxygens (including phenoxy) is 1. The lowest BCUT2D eigenvalue weighted by Crippen LogP contribution is -2.44. The first-order valence-electron chi connectivity index (χ1n) is 11.0. The van der Waals surface area contributed by atoms with E-state index in [0.29, 0.717) is 0 Å². The number of fused-ring (bicyclic) bond motifs is 4. The van der Waals surface area contributed by atoms with Gasteiger partial charge in [0, 0.05) is 52.6 Å². The first kappa shape index (κ1) is 22.7.